The van der Waals surface area contributed by atoms with Gasteiger partial charge < -0.3 is 0 Å². The van der Waals surface area contributed by atoms with E-state index in [0.29, 0.717) is 17.9 Å². The number of hydrogen-bond donors (Lipinski definition) is 0. The third-order valence-electron chi connectivity index (χ3n) is 1.59. The van der Waals surface area contributed by atoms with Gasteiger partial charge in [-0.25, -0.2) is 8.42 Å². The van der Waals surface area contributed by atoms with Crippen LogP contribution in [0.3, 0.4) is 0 Å². The molecular weight excluding hydrogens is 148 g/mol. The van der Waals surface area contributed by atoms with Crippen molar-refractivity contribution in [2.45, 2.75) is 19.3 Å². The molecule has 0 fully saturated rings. The number of hydrogen-bond acceptors (Lipinski definition) is 2. The molecule has 0 bridgehead atoms. The zero-order chi connectivity index (χ0) is 7.45. The molecule has 1 rings (SSSR count). The highest BCUT2D eigenvalue weighted by atomic mass is 32.2. The molecule has 0 radical (unpaired) electrons. The van der Waals surface area contributed by atoms with Gasteiger partial charge in [0.15, 0.2) is 9.84 Å². The van der Waals surface area contributed by atoms with Crippen LogP contribution in [0.15, 0.2) is 12.2 Å². The number of allylic oxidation sites excluding steroid dienone is 2. The van der Waals surface area contributed by atoms with Crippen molar-refractivity contribution in [2.24, 2.45) is 0 Å². The standard InChI is InChI=1S/C7H12O2S/c8-10(9)6-4-2-1-3-5-7-10/h1-2H,3-7H2/b2-1-. The third-order valence-corrected chi connectivity index (χ3v) is 3.36. The highest BCUT2D eigenvalue weighted by molar-refractivity contribution is 7.91. The molecule has 0 saturated heterocycles. The average molecular weight is 160 g/mol. The second kappa shape index (κ2) is 3.19. The smallest absolute Gasteiger partial charge is 0.150 e. The summed E-state index contributed by atoms with van der Waals surface area (Å²) in [5.41, 5.74) is 0. The summed E-state index contributed by atoms with van der Waals surface area (Å²) in [5, 5.41) is 0. The van der Waals surface area contributed by atoms with Crippen LogP contribution in [-0.2, 0) is 9.84 Å². The minimum absolute atomic E-state index is 0.337. The molecule has 58 valence electrons. The quantitative estimate of drug-likeness (QED) is 0.498. The summed E-state index contributed by atoms with van der Waals surface area (Å²) in [4.78, 5) is 0. The second-order valence-electron chi connectivity index (χ2n) is 2.55. The van der Waals surface area contributed by atoms with Gasteiger partial charge in [-0.15, -0.1) is 0 Å². The van der Waals surface area contributed by atoms with Gasteiger partial charge in [-0.3, -0.25) is 0 Å². The minimum Gasteiger partial charge on any atom is -0.229 e. The van der Waals surface area contributed by atoms with Crippen LogP contribution < -0.4 is 0 Å². The summed E-state index contributed by atoms with van der Waals surface area (Å²) in [6.45, 7) is 0. The SMILES string of the molecule is O=S1(=O)CC/C=C\CCC1. The monoisotopic (exact) mass is 160 g/mol. The van der Waals surface area contributed by atoms with E-state index in [4.69, 9.17) is 0 Å². The maximum absolute atomic E-state index is 11.0. The lowest BCUT2D eigenvalue weighted by molar-refractivity contribution is 0.592. The van der Waals surface area contributed by atoms with Crippen LogP contribution in [0.1, 0.15) is 19.3 Å². The largest absolute Gasteiger partial charge is 0.229 e. The van der Waals surface area contributed by atoms with Crippen molar-refractivity contribution in [1.82, 2.24) is 0 Å². The summed E-state index contributed by atoms with van der Waals surface area (Å²) >= 11 is 0. The molecule has 0 aliphatic carbocycles. The normalized spacial score (nSPS) is 28.4. The lowest BCUT2D eigenvalue weighted by Gasteiger charge is -2.03. The molecule has 0 amide bonds. The molecule has 2 nitrogen and oxygen atoms in total. The Morgan fingerprint density at radius 1 is 1.00 bits per heavy atom. The van der Waals surface area contributed by atoms with Gasteiger partial charge in [0, 0.05) is 0 Å². The maximum atomic E-state index is 11.0. The van der Waals surface area contributed by atoms with Gasteiger partial charge >= 0.3 is 0 Å². The molecule has 1 aliphatic rings. The van der Waals surface area contributed by atoms with Crippen LogP contribution in [0.2, 0.25) is 0 Å². The summed E-state index contributed by atoms with van der Waals surface area (Å²) in [5.74, 6) is 0.709. The highest BCUT2D eigenvalue weighted by Crippen LogP contribution is 2.05. The Balaban J connectivity index is 2.60. The van der Waals surface area contributed by atoms with E-state index in [1.807, 2.05) is 6.08 Å². The molecule has 0 aromatic carbocycles. The third kappa shape index (κ3) is 2.52. The fraction of sp³-hybridized carbons (Fsp3) is 0.714. The first-order valence-electron chi connectivity index (χ1n) is 3.56. The van der Waals surface area contributed by atoms with Crippen molar-refractivity contribution in [3.8, 4) is 0 Å². The first kappa shape index (κ1) is 7.79. The predicted octanol–water partition coefficient (Wildman–Crippen LogP) is 1.14. The van der Waals surface area contributed by atoms with Crippen LogP contribution >= 0.6 is 0 Å². The van der Waals surface area contributed by atoms with Crippen molar-refractivity contribution in [3.63, 3.8) is 0 Å². The molecule has 3 heteroatoms. The highest BCUT2D eigenvalue weighted by Gasteiger charge is 2.09. The Bertz CT molecular complexity index is 214. The summed E-state index contributed by atoms with van der Waals surface area (Å²) in [7, 11) is -2.69. The Labute approximate surface area is 61.9 Å². The fourth-order valence-electron chi connectivity index (χ4n) is 1.01. The molecular formula is C7H12O2S. The van der Waals surface area contributed by atoms with Crippen LogP contribution in [0.25, 0.3) is 0 Å². The van der Waals surface area contributed by atoms with Crippen LogP contribution in [-0.4, -0.2) is 19.9 Å². The molecule has 0 saturated carbocycles. The molecule has 0 aromatic rings. The molecule has 10 heavy (non-hydrogen) atoms. The summed E-state index contributed by atoms with van der Waals surface area (Å²) in [6.07, 6.45) is 6.42. The lowest BCUT2D eigenvalue weighted by atomic mass is 10.3. The van der Waals surface area contributed by atoms with Crippen LogP contribution in [0, 0.1) is 0 Å². The minimum atomic E-state index is -2.69. The topological polar surface area (TPSA) is 34.1 Å². The van der Waals surface area contributed by atoms with E-state index in [9.17, 15) is 8.42 Å². The number of rotatable bonds is 0. The Morgan fingerprint density at radius 2 is 1.70 bits per heavy atom. The first-order valence-corrected chi connectivity index (χ1v) is 5.38. The van der Waals surface area contributed by atoms with E-state index in [0.717, 1.165) is 12.8 Å². The average Bonchev–Trinajstić information content (AvgIpc) is 1.81. The lowest BCUT2D eigenvalue weighted by Crippen LogP contribution is -2.11. The van der Waals surface area contributed by atoms with Crippen molar-refractivity contribution >= 4 is 9.84 Å². The van der Waals surface area contributed by atoms with Crippen molar-refractivity contribution in [1.29, 1.82) is 0 Å². The van der Waals surface area contributed by atoms with E-state index < -0.39 is 9.84 Å². The van der Waals surface area contributed by atoms with E-state index in [1.165, 1.54) is 0 Å². The molecule has 0 aromatic heterocycles. The molecule has 1 aliphatic heterocycles. The molecule has 0 N–H and O–H groups in total. The Kier molecular flexibility index (Phi) is 2.49. The molecule has 0 atom stereocenters. The van der Waals surface area contributed by atoms with Crippen LogP contribution in [0.5, 0.6) is 0 Å². The van der Waals surface area contributed by atoms with Gasteiger partial charge in [-0.05, 0) is 19.3 Å². The van der Waals surface area contributed by atoms with Gasteiger partial charge in [0.05, 0.1) is 11.5 Å². The first-order chi connectivity index (χ1) is 4.71. The number of sulfone groups is 1. The zero-order valence-corrected chi connectivity index (χ0v) is 6.73. The van der Waals surface area contributed by atoms with Crippen molar-refractivity contribution in [3.05, 3.63) is 12.2 Å². The van der Waals surface area contributed by atoms with Gasteiger partial charge in [-0.2, -0.15) is 0 Å². The molecule has 0 unspecified atom stereocenters. The summed E-state index contributed by atoms with van der Waals surface area (Å²) < 4.78 is 22.0. The zero-order valence-electron chi connectivity index (χ0n) is 5.91. The molecule has 0 spiro atoms. The van der Waals surface area contributed by atoms with E-state index in [-0.39, 0.29) is 0 Å². The molecule has 1 heterocycles. The second-order valence-corrected chi connectivity index (χ2v) is 4.86. The van der Waals surface area contributed by atoms with Gasteiger partial charge in [0.25, 0.3) is 0 Å². The van der Waals surface area contributed by atoms with Crippen molar-refractivity contribution < 1.29 is 8.42 Å². The van der Waals surface area contributed by atoms with Crippen molar-refractivity contribution in [2.75, 3.05) is 11.5 Å². The Morgan fingerprint density at radius 3 is 2.50 bits per heavy atom. The van der Waals surface area contributed by atoms with E-state index >= 15 is 0 Å². The Hall–Kier alpha value is -0.310. The fourth-order valence-corrected chi connectivity index (χ4v) is 2.31. The summed E-state index contributed by atoms with van der Waals surface area (Å²) in [6, 6.07) is 0. The predicted molar refractivity (Wildman–Crippen MR) is 41.6 cm³/mol. The van der Waals surface area contributed by atoms with Crippen LogP contribution in [0.4, 0.5) is 0 Å². The maximum Gasteiger partial charge on any atom is 0.150 e. The van der Waals surface area contributed by atoms with Gasteiger partial charge in [-0.1, -0.05) is 12.2 Å². The van der Waals surface area contributed by atoms with Gasteiger partial charge in [0.2, 0.25) is 0 Å². The van der Waals surface area contributed by atoms with Gasteiger partial charge in [0.1, 0.15) is 0 Å². The van der Waals surface area contributed by atoms with E-state index in [2.05, 4.69) is 6.08 Å². The van der Waals surface area contributed by atoms with E-state index in [1.54, 1.807) is 0 Å².